The van der Waals surface area contributed by atoms with Gasteiger partial charge in [-0.25, -0.2) is 0 Å². The number of nitrogens with two attached hydrogens (primary N) is 1. The average Bonchev–Trinajstić information content (AvgIpc) is 2.59. The zero-order valence-electron chi connectivity index (χ0n) is 10.4. The Hall–Kier alpha value is -2.21. The Morgan fingerprint density at radius 1 is 1.53 bits per heavy atom. The number of rotatable bonds is 2. The number of phenolic OH excluding ortho intramolecular Hbond substituents is 1. The minimum atomic E-state index is -0.462. The van der Waals surface area contributed by atoms with Gasteiger partial charge in [0.15, 0.2) is 5.82 Å². The molecule has 0 spiro atoms. The lowest BCUT2D eigenvalue weighted by molar-refractivity contribution is 0.102. The molecule has 2 rings (SSSR count). The molecule has 1 heterocycles. The fourth-order valence-electron chi connectivity index (χ4n) is 1.68. The molecule has 0 unspecified atom stereocenters. The minimum absolute atomic E-state index is 0.0382. The van der Waals surface area contributed by atoms with E-state index >= 15 is 0 Å². The van der Waals surface area contributed by atoms with Crippen LogP contribution in [0.25, 0.3) is 0 Å². The van der Waals surface area contributed by atoms with Gasteiger partial charge in [0.1, 0.15) is 5.75 Å². The van der Waals surface area contributed by atoms with Crippen LogP contribution in [0.1, 0.15) is 16.1 Å². The maximum atomic E-state index is 12.1. The van der Waals surface area contributed by atoms with E-state index in [0.29, 0.717) is 17.2 Å². The number of carbonyl (C=O) groups excluding carboxylic acids is 1. The summed E-state index contributed by atoms with van der Waals surface area (Å²) in [5.74, 6) is -0.110. The minimum Gasteiger partial charge on any atom is -0.508 e. The third-order valence-corrected chi connectivity index (χ3v) is 3.02. The topological polar surface area (TPSA) is 93.2 Å². The van der Waals surface area contributed by atoms with Crippen LogP contribution >= 0.6 is 11.6 Å². The number of nitrogens with one attached hydrogen (secondary N) is 1. The molecule has 0 radical (unpaired) electrons. The van der Waals surface area contributed by atoms with Gasteiger partial charge in [-0.15, -0.1) is 0 Å². The maximum absolute atomic E-state index is 12.1. The molecular formula is C12H13ClN4O2. The Morgan fingerprint density at radius 2 is 2.21 bits per heavy atom. The molecule has 1 aromatic heterocycles. The smallest absolute Gasteiger partial charge is 0.258 e. The summed E-state index contributed by atoms with van der Waals surface area (Å²) in [4.78, 5) is 12.1. The zero-order chi connectivity index (χ0) is 14.2. The number of anilines is 2. The third-order valence-electron chi connectivity index (χ3n) is 2.70. The summed E-state index contributed by atoms with van der Waals surface area (Å²) in [5.41, 5.74) is 7.00. The summed E-state index contributed by atoms with van der Waals surface area (Å²) in [6, 6.07) is 4.14. The summed E-state index contributed by atoms with van der Waals surface area (Å²) in [6.07, 6.45) is 0. The van der Waals surface area contributed by atoms with Crippen molar-refractivity contribution in [1.82, 2.24) is 9.78 Å². The molecule has 0 saturated carbocycles. The molecule has 0 fully saturated rings. The summed E-state index contributed by atoms with van der Waals surface area (Å²) < 4.78 is 1.47. The number of hydrogen-bond acceptors (Lipinski definition) is 4. The summed E-state index contributed by atoms with van der Waals surface area (Å²) in [5, 5.41) is 16.3. The number of nitrogens with zero attached hydrogens (tertiary/aromatic N) is 2. The van der Waals surface area contributed by atoms with Gasteiger partial charge in [0.2, 0.25) is 0 Å². The second kappa shape index (κ2) is 4.81. The number of phenols is 1. The van der Waals surface area contributed by atoms with Crippen LogP contribution in [0.5, 0.6) is 5.75 Å². The van der Waals surface area contributed by atoms with Crippen LogP contribution in [-0.2, 0) is 7.05 Å². The van der Waals surface area contributed by atoms with Crippen molar-refractivity contribution in [3.63, 3.8) is 0 Å². The van der Waals surface area contributed by atoms with Gasteiger partial charge in [-0.3, -0.25) is 9.48 Å². The summed E-state index contributed by atoms with van der Waals surface area (Å²) in [6.45, 7) is 1.74. The molecule has 1 amide bonds. The number of aromatic nitrogens is 2. The number of hydrogen-bond donors (Lipinski definition) is 3. The standard InChI is InChI=1S/C12H13ClN4O2/c1-6-10(14)11(17(2)16-6)15-12(19)8-5-7(18)3-4-9(8)13/h3-5,18H,14H2,1-2H3,(H,15,19). The second-order valence-electron chi connectivity index (χ2n) is 4.09. The fourth-order valence-corrected chi connectivity index (χ4v) is 1.89. The van der Waals surface area contributed by atoms with Crippen LogP contribution in [0.4, 0.5) is 11.5 Å². The maximum Gasteiger partial charge on any atom is 0.258 e. The molecule has 6 nitrogen and oxygen atoms in total. The van der Waals surface area contributed by atoms with Crippen molar-refractivity contribution >= 4 is 29.0 Å². The highest BCUT2D eigenvalue weighted by molar-refractivity contribution is 6.34. The van der Waals surface area contributed by atoms with Crippen molar-refractivity contribution in [3.05, 3.63) is 34.5 Å². The van der Waals surface area contributed by atoms with E-state index in [1.165, 1.54) is 22.9 Å². The van der Waals surface area contributed by atoms with Crippen LogP contribution in [0.15, 0.2) is 18.2 Å². The van der Waals surface area contributed by atoms with Gasteiger partial charge >= 0.3 is 0 Å². The van der Waals surface area contributed by atoms with Crippen molar-refractivity contribution in [3.8, 4) is 5.75 Å². The molecule has 4 N–H and O–H groups in total. The molecule has 1 aromatic carbocycles. The number of halogens is 1. The van der Waals surface area contributed by atoms with E-state index < -0.39 is 5.91 Å². The van der Waals surface area contributed by atoms with Gasteiger partial charge in [-0.2, -0.15) is 5.10 Å². The number of nitrogen functional groups attached to an aromatic ring is 1. The second-order valence-corrected chi connectivity index (χ2v) is 4.50. The van der Waals surface area contributed by atoms with Crippen LogP contribution in [0.2, 0.25) is 5.02 Å². The number of benzene rings is 1. The Balaban J connectivity index is 2.33. The van der Waals surface area contributed by atoms with E-state index in [-0.39, 0.29) is 16.3 Å². The lowest BCUT2D eigenvalue weighted by atomic mass is 10.2. The molecule has 0 aliphatic carbocycles. The van der Waals surface area contributed by atoms with E-state index in [1.54, 1.807) is 14.0 Å². The van der Waals surface area contributed by atoms with Crippen LogP contribution < -0.4 is 11.1 Å². The Morgan fingerprint density at radius 3 is 2.79 bits per heavy atom. The van der Waals surface area contributed by atoms with Gasteiger partial charge in [-0.1, -0.05) is 11.6 Å². The Labute approximate surface area is 114 Å². The van der Waals surface area contributed by atoms with Gasteiger partial charge < -0.3 is 16.2 Å². The van der Waals surface area contributed by atoms with E-state index in [1.807, 2.05) is 0 Å². The number of aromatic hydroxyl groups is 1. The molecule has 0 atom stereocenters. The Bertz CT molecular complexity index is 651. The van der Waals surface area contributed by atoms with Crippen LogP contribution in [-0.4, -0.2) is 20.8 Å². The third kappa shape index (κ3) is 2.48. The molecule has 19 heavy (non-hydrogen) atoms. The Kier molecular flexibility index (Phi) is 3.35. The highest BCUT2D eigenvalue weighted by Crippen LogP contribution is 2.25. The first-order chi connectivity index (χ1) is 8.90. The van der Waals surface area contributed by atoms with Gasteiger partial charge in [0, 0.05) is 7.05 Å². The fraction of sp³-hybridized carbons (Fsp3) is 0.167. The first-order valence-electron chi connectivity index (χ1n) is 5.49. The first kappa shape index (κ1) is 13.2. The van der Waals surface area contributed by atoms with Crippen molar-refractivity contribution in [2.24, 2.45) is 7.05 Å². The quantitative estimate of drug-likeness (QED) is 0.783. The SMILES string of the molecule is Cc1nn(C)c(NC(=O)c2cc(O)ccc2Cl)c1N. The normalized spacial score (nSPS) is 10.5. The largest absolute Gasteiger partial charge is 0.508 e. The highest BCUT2D eigenvalue weighted by Gasteiger charge is 2.16. The van der Waals surface area contributed by atoms with Crippen LogP contribution in [0.3, 0.4) is 0 Å². The molecule has 0 bridgehead atoms. The van der Waals surface area contributed by atoms with Crippen LogP contribution in [0, 0.1) is 6.92 Å². The molecule has 0 saturated heterocycles. The number of aryl methyl sites for hydroxylation is 2. The molecule has 100 valence electrons. The highest BCUT2D eigenvalue weighted by atomic mass is 35.5. The van der Waals surface area contributed by atoms with Gasteiger partial charge in [-0.05, 0) is 25.1 Å². The predicted octanol–water partition coefficient (Wildman–Crippen LogP) is 1.92. The molecule has 7 heteroatoms. The predicted molar refractivity (Wildman–Crippen MR) is 73.4 cm³/mol. The van der Waals surface area contributed by atoms with E-state index in [9.17, 15) is 9.90 Å². The van der Waals surface area contributed by atoms with E-state index in [2.05, 4.69) is 10.4 Å². The molecule has 0 aliphatic rings. The van der Waals surface area contributed by atoms with E-state index in [4.69, 9.17) is 17.3 Å². The van der Waals surface area contributed by atoms with Crippen molar-refractivity contribution < 1.29 is 9.90 Å². The first-order valence-corrected chi connectivity index (χ1v) is 5.87. The van der Waals surface area contributed by atoms with Gasteiger partial charge in [0.05, 0.1) is 22.0 Å². The van der Waals surface area contributed by atoms with Crippen molar-refractivity contribution in [2.75, 3.05) is 11.1 Å². The van der Waals surface area contributed by atoms with Crippen molar-refractivity contribution in [2.45, 2.75) is 6.92 Å². The zero-order valence-corrected chi connectivity index (χ0v) is 11.2. The molecule has 0 aliphatic heterocycles. The summed E-state index contributed by atoms with van der Waals surface area (Å²) >= 11 is 5.92. The summed E-state index contributed by atoms with van der Waals surface area (Å²) in [7, 11) is 1.67. The van der Waals surface area contributed by atoms with E-state index in [0.717, 1.165) is 0 Å². The van der Waals surface area contributed by atoms with Gasteiger partial charge in [0.25, 0.3) is 5.91 Å². The van der Waals surface area contributed by atoms with Crippen molar-refractivity contribution in [1.29, 1.82) is 0 Å². The number of amides is 1. The lowest BCUT2D eigenvalue weighted by Gasteiger charge is -2.08. The average molecular weight is 281 g/mol. The number of carbonyl (C=O) groups is 1. The molecular weight excluding hydrogens is 268 g/mol. The monoisotopic (exact) mass is 280 g/mol. The molecule has 2 aromatic rings. The lowest BCUT2D eigenvalue weighted by Crippen LogP contribution is -2.16.